The summed E-state index contributed by atoms with van der Waals surface area (Å²) in [5.41, 5.74) is 5.35. The molecule has 4 aromatic carbocycles. The fraction of sp³-hybridized carbons (Fsp3) is 0. The molecule has 7 rings (SSSR count). The van der Waals surface area contributed by atoms with Crippen molar-refractivity contribution in [1.82, 2.24) is 9.97 Å². The summed E-state index contributed by atoms with van der Waals surface area (Å²) in [6, 6.07) is 37.1. The second-order valence-corrected chi connectivity index (χ2v) is 8.08. The molecule has 0 radical (unpaired) electrons. The number of ether oxygens (including phenoxy) is 1. The lowest BCUT2D eigenvalue weighted by Gasteiger charge is -2.24. The molecule has 6 aromatic rings. The first kappa shape index (κ1) is 17.9. The molecule has 33 heavy (non-hydrogen) atoms. The third-order valence-electron chi connectivity index (χ3n) is 6.18. The fourth-order valence-electron chi connectivity index (χ4n) is 4.71. The standard InChI is InChI=1S/C30H16N2O/c1-2-9-20-19(8-1)18-28-29-21(20)10-5-11-22(29)23-12-6-13-24(30(23)33-28)25-15-7-16-27(32-25)26-14-3-4-17-31-26/h1-6,8-14,16-18H. The lowest BCUT2D eigenvalue weighted by molar-refractivity contribution is 0.489. The molecule has 3 heteroatoms. The first-order valence-corrected chi connectivity index (χ1v) is 10.8. The Hall–Kier alpha value is -4.68. The number of pyridine rings is 1. The van der Waals surface area contributed by atoms with E-state index in [1.54, 1.807) is 6.20 Å². The molecule has 1 aliphatic rings. The van der Waals surface area contributed by atoms with Crippen molar-refractivity contribution in [2.45, 2.75) is 0 Å². The first-order valence-electron chi connectivity index (χ1n) is 10.8. The van der Waals surface area contributed by atoms with Crippen LogP contribution in [0.2, 0.25) is 0 Å². The van der Waals surface area contributed by atoms with Gasteiger partial charge in [-0.25, -0.2) is 4.98 Å². The molecule has 2 aromatic heterocycles. The highest BCUT2D eigenvalue weighted by Crippen LogP contribution is 2.51. The van der Waals surface area contributed by atoms with Crippen molar-refractivity contribution in [3.63, 3.8) is 0 Å². The second kappa shape index (κ2) is 6.91. The maximum atomic E-state index is 6.60. The Kier molecular flexibility index (Phi) is 3.76. The molecule has 0 aliphatic carbocycles. The molecule has 0 unspecified atom stereocenters. The minimum Gasteiger partial charge on any atom is -0.455 e. The van der Waals surface area contributed by atoms with E-state index in [1.807, 2.05) is 36.4 Å². The molecule has 0 saturated carbocycles. The van der Waals surface area contributed by atoms with Gasteiger partial charge in [0.15, 0.2) is 0 Å². The lowest BCUT2D eigenvalue weighted by Crippen LogP contribution is -2.00. The second-order valence-electron chi connectivity index (χ2n) is 8.08. The van der Waals surface area contributed by atoms with Crippen LogP contribution in [0.3, 0.4) is 0 Å². The summed E-state index contributed by atoms with van der Waals surface area (Å²) < 4.78 is 6.60. The van der Waals surface area contributed by atoms with Crippen molar-refractivity contribution < 1.29 is 4.74 Å². The van der Waals surface area contributed by atoms with Crippen LogP contribution in [-0.4, -0.2) is 9.97 Å². The van der Waals surface area contributed by atoms with E-state index in [4.69, 9.17) is 9.72 Å². The Bertz CT molecular complexity index is 1690. The zero-order chi connectivity index (χ0) is 21.8. The average molecular weight is 420 g/mol. The summed E-state index contributed by atoms with van der Waals surface area (Å²) in [5, 5.41) is 4.74. The predicted octanol–water partition coefficient (Wildman–Crippen LogP) is 7.49. The Labute approximate surface area is 191 Å². The van der Waals surface area contributed by atoms with E-state index in [0.29, 0.717) is 5.69 Å². The minimum atomic E-state index is 0.686. The van der Waals surface area contributed by atoms with Gasteiger partial charge in [-0.3, -0.25) is 4.98 Å². The zero-order valence-corrected chi connectivity index (χ0v) is 17.5. The minimum absolute atomic E-state index is 0.686. The number of benzene rings is 4. The van der Waals surface area contributed by atoms with Crippen molar-refractivity contribution in [1.29, 1.82) is 0 Å². The van der Waals surface area contributed by atoms with Gasteiger partial charge in [-0.2, -0.15) is 0 Å². The molecule has 3 heterocycles. The molecular formula is C30H16N2O. The van der Waals surface area contributed by atoms with Crippen molar-refractivity contribution in [2.75, 3.05) is 0 Å². The van der Waals surface area contributed by atoms with Gasteiger partial charge in [-0.15, -0.1) is 0 Å². The van der Waals surface area contributed by atoms with Crippen LogP contribution in [0.25, 0.3) is 55.3 Å². The summed E-state index contributed by atoms with van der Waals surface area (Å²) in [4.78, 5) is 9.28. The fourth-order valence-corrected chi connectivity index (χ4v) is 4.71. The third kappa shape index (κ3) is 2.71. The molecule has 1 aliphatic heterocycles. The van der Waals surface area contributed by atoms with Gasteiger partial charge in [0, 0.05) is 23.2 Å². The van der Waals surface area contributed by atoms with Gasteiger partial charge in [-0.1, -0.05) is 66.7 Å². The van der Waals surface area contributed by atoms with Crippen molar-refractivity contribution in [3.8, 4) is 45.3 Å². The van der Waals surface area contributed by atoms with Crippen LogP contribution in [0.5, 0.6) is 11.5 Å². The number of nitrogens with zero attached hydrogens (tertiary/aromatic N) is 2. The molecule has 0 saturated heterocycles. The van der Waals surface area contributed by atoms with E-state index in [0.717, 1.165) is 44.8 Å². The molecule has 0 atom stereocenters. The number of hydrogen-bond acceptors (Lipinski definition) is 3. The monoisotopic (exact) mass is 420 g/mol. The maximum absolute atomic E-state index is 6.60. The largest absolute Gasteiger partial charge is 0.455 e. The van der Waals surface area contributed by atoms with Crippen molar-refractivity contribution in [3.05, 3.63) is 109 Å². The number of para-hydroxylation sites is 1. The van der Waals surface area contributed by atoms with Crippen LogP contribution < -0.4 is 4.74 Å². The van der Waals surface area contributed by atoms with E-state index in [2.05, 4.69) is 71.7 Å². The molecule has 0 spiro atoms. The third-order valence-corrected chi connectivity index (χ3v) is 6.18. The van der Waals surface area contributed by atoms with Gasteiger partial charge in [0.05, 0.1) is 17.0 Å². The topological polar surface area (TPSA) is 35.0 Å². The van der Waals surface area contributed by atoms with Gasteiger partial charge in [0.1, 0.15) is 17.2 Å². The van der Waals surface area contributed by atoms with E-state index in [-0.39, 0.29) is 0 Å². The smallest absolute Gasteiger partial charge is 0.145 e. The number of aromatic nitrogens is 2. The van der Waals surface area contributed by atoms with Crippen LogP contribution in [0.1, 0.15) is 0 Å². The Balaban J connectivity index is 1.47. The van der Waals surface area contributed by atoms with Crippen LogP contribution in [-0.2, 0) is 0 Å². The van der Waals surface area contributed by atoms with Gasteiger partial charge in [0.25, 0.3) is 0 Å². The number of fused-ring (bicyclic) bond motifs is 4. The number of rotatable bonds is 2. The number of hydrogen-bond donors (Lipinski definition) is 0. The molecule has 0 fully saturated rings. The van der Waals surface area contributed by atoms with Crippen molar-refractivity contribution >= 4 is 21.5 Å². The van der Waals surface area contributed by atoms with E-state index in [9.17, 15) is 0 Å². The molecule has 0 amide bonds. The molecule has 0 bridgehead atoms. The maximum Gasteiger partial charge on any atom is 0.145 e. The van der Waals surface area contributed by atoms with E-state index >= 15 is 0 Å². The highest BCUT2D eigenvalue weighted by molar-refractivity contribution is 6.16. The average Bonchev–Trinajstić information content (AvgIpc) is 2.89. The first-order chi connectivity index (χ1) is 16.4. The quantitative estimate of drug-likeness (QED) is 0.272. The van der Waals surface area contributed by atoms with Crippen LogP contribution in [0, 0.1) is 12.1 Å². The highest BCUT2D eigenvalue weighted by atomic mass is 16.5. The van der Waals surface area contributed by atoms with Crippen LogP contribution in [0.4, 0.5) is 0 Å². The Morgan fingerprint density at radius 3 is 2.45 bits per heavy atom. The Morgan fingerprint density at radius 1 is 0.697 bits per heavy atom. The summed E-state index contributed by atoms with van der Waals surface area (Å²) in [6.07, 6.45) is 1.77. The molecule has 0 N–H and O–H groups in total. The summed E-state index contributed by atoms with van der Waals surface area (Å²) in [6.45, 7) is 0. The van der Waals surface area contributed by atoms with Crippen LogP contribution >= 0.6 is 0 Å². The summed E-state index contributed by atoms with van der Waals surface area (Å²) >= 11 is 0. The van der Waals surface area contributed by atoms with E-state index in [1.165, 1.54) is 16.3 Å². The van der Waals surface area contributed by atoms with Crippen molar-refractivity contribution in [2.24, 2.45) is 0 Å². The van der Waals surface area contributed by atoms with E-state index < -0.39 is 0 Å². The highest BCUT2D eigenvalue weighted by Gasteiger charge is 2.24. The lowest BCUT2D eigenvalue weighted by atomic mass is 9.90. The Morgan fingerprint density at radius 2 is 1.52 bits per heavy atom. The summed E-state index contributed by atoms with van der Waals surface area (Å²) in [7, 11) is 0. The molecule has 152 valence electrons. The summed E-state index contributed by atoms with van der Waals surface area (Å²) in [5.74, 6) is 1.66. The van der Waals surface area contributed by atoms with Gasteiger partial charge in [0.2, 0.25) is 0 Å². The molecular weight excluding hydrogens is 404 g/mol. The molecule has 3 nitrogen and oxygen atoms in total. The van der Waals surface area contributed by atoms with Crippen LogP contribution in [0.15, 0.2) is 97.2 Å². The van der Waals surface area contributed by atoms with Gasteiger partial charge >= 0.3 is 0 Å². The zero-order valence-electron chi connectivity index (χ0n) is 17.5. The SMILES string of the molecule is c1cc(-c2ccccn2)nc(-c2cccc3c2Oc2cc4ccccc4c4cccc-3c24)c#1. The normalized spacial score (nSPS) is 11.6. The predicted molar refractivity (Wildman–Crippen MR) is 131 cm³/mol. The van der Waals surface area contributed by atoms with Gasteiger partial charge < -0.3 is 4.74 Å². The van der Waals surface area contributed by atoms with Gasteiger partial charge in [-0.05, 0) is 52.1 Å².